The highest BCUT2D eigenvalue weighted by atomic mass is 19.1. The van der Waals surface area contributed by atoms with E-state index in [1.165, 1.54) is 6.07 Å². The van der Waals surface area contributed by atoms with Crippen molar-refractivity contribution < 1.29 is 23.4 Å². The lowest BCUT2D eigenvalue weighted by Crippen LogP contribution is -2.42. The summed E-state index contributed by atoms with van der Waals surface area (Å²) >= 11 is 0. The number of carbonyl (C=O) groups excluding carboxylic acids is 1. The van der Waals surface area contributed by atoms with Gasteiger partial charge in [0, 0.05) is 30.8 Å². The zero-order valence-corrected chi connectivity index (χ0v) is 19.6. The lowest BCUT2D eigenvalue weighted by Gasteiger charge is -2.38. The Balaban J connectivity index is 1.62. The Morgan fingerprint density at radius 3 is 2.38 bits per heavy atom. The van der Waals surface area contributed by atoms with Crippen LogP contribution in [0.4, 0.5) is 4.39 Å². The van der Waals surface area contributed by atoms with Gasteiger partial charge < -0.3 is 19.5 Å². The molecule has 0 radical (unpaired) electrons. The number of fused-ring (bicyclic) bond motifs is 1. The highest BCUT2D eigenvalue weighted by Gasteiger charge is 2.30. The largest absolute Gasteiger partial charge is 0.497 e. The number of nitrogens with zero attached hydrogens (tertiary/aromatic N) is 1. The summed E-state index contributed by atoms with van der Waals surface area (Å²) in [5.41, 5.74) is 3.34. The molecular formula is C27H29FN2O4. The second-order valence-electron chi connectivity index (χ2n) is 8.17. The van der Waals surface area contributed by atoms with Crippen LogP contribution in [0, 0.1) is 5.82 Å². The van der Waals surface area contributed by atoms with E-state index < -0.39 is 0 Å². The minimum absolute atomic E-state index is 0.162. The first kappa shape index (κ1) is 23.6. The first-order valence-corrected chi connectivity index (χ1v) is 11.2. The van der Waals surface area contributed by atoms with E-state index in [9.17, 15) is 9.18 Å². The fourth-order valence-electron chi connectivity index (χ4n) is 4.39. The van der Waals surface area contributed by atoms with Crippen LogP contribution in [-0.4, -0.2) is 45.2 Å². The van der Waals surface area contributed by atoms with Gasteiger partial charge in [-0.1, -0.05) is 18.2 Å². The highest BCUT2D eigenvalue weighted by Crippen LogP contribution is 2.38. The first-order chi connectivity index (χ1) is 16.5. The maximum absolute atomic E-state index is 14.4. The van der Waals surface area contributed by atoms with Gasteiger partial charge in [-0.05, 0) is 60.0 Å². The fourth-order valence-corrected chi connectivity index (χ4v) is 4.39. The lowest BCUT2D eigenvalue weighted by molar-refractivity contribution is 0.0925. The molecule has 4 rings (SSSR count). The van der Waals surface area contributed by atoms with Crippen molar-refractivity contribution in [2.45, 2.75) is 19.0 Å². The van der Waals surface area contributed by atoms with E-state index in [0.717, 1.165) is 24.1 Å². The minimum Gasteiger partial charge on any atom is -0.497 e. The molecule has 3 aromatic carbocycles. The topological polar surface area (TPSA) is 60.0 Å². The van der Waals surface area contributed by atoms with Crippen molar-refractivity contribution in [3.05, 3.63) is 88.7 Å². The molecule has 7 heteroatoms. The summed E-state index contributed by atoms with van der Waals surface area (Å²) in [4.78, 5) is 15.1. The third-order valence-corrected chi connectivity index (χ3v) is 6.25. The van der Waals surface area contributed by atoms with Crippen LogP contribution in [0.1, 0.15) is 33.1 Å². The average molecular weight is 465 g/mol. The number of hydrogen-bond acceptors (Lipinski definition) is 5. The molecule has 0 spiro atoms. The molecule has 1 aliphatic rings. The normalized spacial score (nSPS) is 15.4. The summed E-state index contributed by atoms with van der Waals surface area (Å²) < 4.78 is 30.6. The Morgan fingerprint density at radius 2 is 1.71 bits per heavy atom. The van der Waals surface area contributed by atoms with E-state index in [-0.39, 0.29) is 17.8 Å². The number of amides is 1. The molecule has 0 aliphatic carbocycles. The Hall–Kier alpha value is -3.58. The smallest absolute Gasteiger partial charge is 0.251 e. The molecule has 0 bridgehead atoms. The van der Waals surface area contributed by atoms with E-state index in [2.05, 4.69) is 10.2 Å². The Labute approximate surface area is 199 Å². The summed E-state index contributed by atoms with van der Waals surface area (Å²) in [5.74, 6) is 1.57. The second kappa shape index (κ2) is 10.6. The number of benzene rings is 3. The Kier molecular flexibility index (Phi) is 7.33. The van der Waals surface area contributed by atoms with Crippen LogP contribution in [0.25, 0.3) is 0 Å². The number of ether oxygens (including phenoxy) is 3. The van der Waals surface area contributed by atoms with E-state index in [1.807, 2.05) is 18.2 Å². The molecule has 0 saturated heterocycles. The van der Waals surface area contributed by atoms with Crippen molar-refractivity contribution in [2.24, 2.45) is 0 Å². The van der Waals surface area contributed by atoms with Crippen molar-refractivity contribution in [2.75, 3.05) is 34.4 Å². The summed E-state index contributed by atoms with van der Waals surface area (Å²) in [7, 11) is 4.80. The van der Waals surface area contributed by atoms with E-state index >= 15 is 0 Å². The summed E-state index contributed by atoms with van der Waals surface area (Å²) in [6.45, 7) is 1.52. The van der Waals surface area contributed by atoms with Gasteiger partial charge in [0.2, 0.25) is 0 Å². The fraction of sp³-hybridized carbons (Fsp3) is 0.296. The lowest BCUT2D eigenvalue weighted by atomic mass is 9.91. The maximum atomic E-state index is 14.4. The zero-order valence-electron chi connectivity index (χ0n) is 19.6. The van der Waals surface area contributed by atoms with Gasteiger partial charge in [0.25, 0.3) is 5.91 Å². The third-order valence-electron chi connectivity index (χ3n) is 6.25. The van der Waals surface area contributed by atoms with Crippen molar-refractivity contribution in [1.29, 1.82) is 0 Å². The molecule has 1 aliphatic heterocycles. The van der Waals surface area contributed by atoms with E-state index in [1.54, 1.807) is 57.7 Å². The monoisotopic (exact) mass is 464 g/mol. The standard InChI is InChI=1S/C27H29FN2O4/c1-32-21-10-8-18(9-11-21)27(31)29-16-24-22-15-26(34-3)25(33-2)14-19(22)12-13-30(24)17-20-6-4-5-7-23(20)28/h4-11,14-15,24H,12-13,16-17H2,1-3H3,(H,29,31)/t24-/m0/s1. The van der Waals surface area contributed by atoms with Crippen molar-refractivity contribution in [3.63, 3.8) is 0 Å². The number of methoxy groups -OCH3 is 3. The van der Waals surface area contributed by atoms with Gasteiger partial charge in [0.05, 0.1) is 27.4 Å². The second-order valence-corrected chi connectivity index (χ2v) is 8.17. The molecule has 6 nitrogen and oxygen atoms in total. The molecule has 1 amide bonds. The van der Waals surface area contributed by atoms with Gasteiger partial charge in [0.15, 0.2) is 11.5 Å². The van der Waals surface area contributed by atoms with Gasteiger partial charge in [0.1, 0.15) is 11.6 Å². The van der Waals surface area contributed by atoms with Crippen molar-refractivity contribution in [1.82, 2.24) is 10.2 Å². The van der Waals surface area contributed by atoms with Crippen LogP contribution in [0.3, 0.4) is 0 Å². The summed E-state index contributed by atoms with van der Waals surface area (Å²) in [6.07, 6.45) is 0.785. The van der Waals surface area contributed by atoms with Crippen molar-refractivity contribution in [3.8, 4) is 17.2 Å². The Morgan fingerprint density at radius 1 is 1.00 bits per heavy atom. The van der Waals surface area contributed by atoms with Crippen LogP contribution in [0.2, 0.25) is 0 Å². The molecule has 34 heavy (non-hydrogen) atoms. The molecule has 0 saturated carbocycles. The molecule has 3 aromatic rings. The SMILES string of the molecule is COc1ccc(C(=O)NC[C@H]2c3cc(OC)c(OC)cc3CCN2Cc2ccccc2F)cc1. The molecule has 0 aromatic heterocycles. The van der Waals surface area contributed by atoms with Crippen LogP contribution >= 0.6 is 0 Å². The first-order valence-electron chi connectivity index (χ1n) is 11.2. The number of halogens is 1. The maximum Gasteiger partial charge on any atom is 0.251 e. The van der Waals surface area contributed by atoms with Crippen molar-refractivity contribution >= 4 is 5.91 Å². The van der Waals surface area contributed by atoms with E-state index in [4.69, 9.17) is 14.2 Å². The molecule has 1 heterocycles. The van der Waals surface area contributed by atoms with Gasteiger partial charge in [-0.15, -0.1) is 0 Å². The number of nitrogens with one attached hydrogen (secondary N) is 1. The molecule has 1 N–H and O–H groups in total. The van der Waals surface area contributed by atoms with Gasteiger partial charge in [-0.2, -0.15) is 0 Å². The van der Waals surface area contributed by atoms with Gasteiger partial charge in [-0.25, -0.2) is 4.39 Å². The minimum atomic E-state index is -0.235. The number of hydrogen-bond donors (Lipinski definition) is 1. The Bertz CT molecular complexity index is 1150. The average Bonchev–Trinajstić information content (AvgIpc) is 2.88. The highest BCUT2D eigenvalue weighted by molar-refractivity contribution is 5.94. The van der Waals surface area contributed by atoms with Crippen LogP contribution < -0.4 is 19.5 Å². The predicted octanol–water partition coefficient (Wildman–Crippen LogP) is 4.38. The van der Waals surface area contributed by atoms with Crippen LogP contribution in [-0.2, 0) is 13.0 Å². The molecule has 178 valence electrons. The molecular weight excluding hydrogens is 435 g/mol. The molecule has 0 unspecified atom stereocenters. The molecule has 1 atom stereocenters. The van der Waals surface area contributed by atoms with Crippen LogP contribution in [0.15, 0.2) is 60.7 Å². The summed E-state index contributed by atoms with van der Waals surface area (Å²) in [6, 6.07) is 17.6. The third kappa shape index (κ3) is 4.99. The number of carbonyl (C=O) groups is 1. The zero-order chi connectivity index (χ0) is 24.1. The van der Waals surface area contributed by atoms with E-state index in [0.29, 0.717) is 41.5 Å². The predicted molar refractivity (Wildman–Crippen MR) is 128 cm³/mol. The van der Waals surface area contributed by atoms with Gasteiger partial charge in [-0.3, -0.25) is 9.69 Å². The number of rotatable bonds is 8. The van der Waals surface area contributed by atoms with Gasteiger partial charge >= 0.3 is 0 Å². The quantitative estimate of drug-likeness (QED) is 0.536. The van der Waals surface area contributed by atoms with Crippen LogP contribution in [0.5, 0.6) is 17.2 Å². The summed E-state index contributed by atoms with van der Waals surface area (Å²) in [5, 5.41) is 3.06. The molecule has 0 fully saturated rings.